The highest BCUT2D eigenvalue weighted by Gasteiger charge is 2.68. The summed E-state index contributed by atoms with van der Waals surface area (Å²) in [6, 6.07) is 5.14. The summed E-state index contributed by atoms with van der Waals surface area (Å²) in [4.78, 5) is 12.5. The minimum atomic E-state index is -5.02. The van der Waals surface area contributed by atoms with Crippen LogP contribution in [0.5, 0.6) is 5.75 Å². The average molecular weight is 384 g/mol. The Balaban J connectivity index is 1.81. The van der Waals surface area contributed by atoms with Gasteiger partial charge in [-0.25, -0.2) is 0 Å². The molecule has 2 aliphatic rings. The molecule has 0 bridgehead atoms. The number of halogens is 3. The predicted molar refractivity (Wildman–Crippen MR) is 93.2 cm³/mol. The number of fused-ring (bicyclic) bond motifs is 1. The Hall–Kier alpha value is -2.09. The number of ether oxygens (including phenoxy) is 1. The van der Waals surface area contributed by atoms with Crippen LogP contribution in [0.3, 0.4) is 0 Å². The standard InChI is InChI=1S/C19H23F3N2O3/c1-11-4-7-16-15(8-11)18(26,19(20,21)22)24(23-16)17(25)10-27-14-6-5-12(2)13(3)9-14/h5-6,9,11,15,26H,4,7-8,10H2,1-3H3/t11-,15+,18-/m0/s1. The van der Waals surface area contributed by atoms with E-state index in [0.29, 0.717) is 18.6 Å². The second-order valence-electron chi connectivity index (χ2n) is 7.49. The maximum Gasteiger partial charge on any atom is 0.439 e. The van der Waals surface area contributed by atoms with Crippen LogP contribution in [0.1, 0.15) is 37.3 Å². The first-order valence-electron chi connectivity index (χ1n) is 8.93. The number of hydrogen-bond acceptors (Lipinski definition) is 4. The second-order valence-corrected chi connectivity index (χ2v) is 7.49. The molecule has 5 nitrogen and oxygen atoms in total. The monoisotopic (exact) mass is 384 g/mol. The van der Waals surface area contributed by atoms with E-state index in [1.807, 2.05) is 20.8 Å². The highest BCUT2D eigenvalue weighted by molar-refractivity contribution is 5.93. The van der Waals surface area contributed by atoms with E-state index in [1.54, 1.807) is 18.2 Å². The van der Waals surface area contributed by atoms with Gasteiger partial charge in [0.1, 0.15) is 5.75 Å². The number of alkyl halides is 3. The number of nitrogens with zero attached hydrogens (tertiary/aromatic N) is 2. The molecule has 148 valence electrons. The molecule has 1 aromatic carbocycles. The molecule has 1 saturated carbocycles. The summed E-state index contributed by atoms with van der Waals surface area (Å²) in [6.45, 7) is 4.97. The van der Waals surface area contributed by atoms with Gasteiger partial charge < -0.3 is 9.84 Å². The molecule has 1 N–H and O–H groups in total. The molecule has 0 aromatic heterocycles. The summed E-state index contributed by atoms with van der Waals surface area (Å²) >= 11 is 0. The van der Waals surface area contributed by atoms with Gasteiger partial charge >= 0.3 is 6.18 Å². The van der Waals surface area contributed by atoms with Crippen LogP contribution in [0.2, 0.25) is 0 Å². The number of aliphatic hydroxyl groups is 1. The van der Waals surface area contributed by atoms with E-state index >= 15 is 0 Å². The van der Waals surface area contributed by atoms with Gasteiger partial charge in [0, 0.05) is 5.71 Å². The number of hydrogen-bond donors (Lipinski definition) is 1. The van der Waals surface area contributed by atoms with Crippen LogP contribution >= 0.6 is 0 Å². The normalized spacial score (nSPS) is 28.0. The lowest BCUT2D eigenvalue weighted by molar-refractivity contribution is -0.318. The van der Waals surface area contributed by atoms with Crippen molar-refractivity contribution in [3.8, 4) is 5.75 Å². The summed E-state index contributed by atoms with van der Waals surface area (Å²) < 4.78 is 46.6. The molecule has 0 radical (unpaired) electrons. The molecule has 1 aliphatic carbocycles. The number of aryl methyl sites for hydroxylation is 2. The van der Waals surface area contributed by atoms with Gasteiger partial charge in [0.05, 0.1) is 5.92 Å². The highest BCUT2D eigenvalue weighted by atomic mass is 19.4. The molecule has 0 saturated heterocycles. The molecular formula is C19H23F3N2O3. The number of carbonyl (C=O) groups excluding carboxylic acids is 1. The van der Waals surface area contributed by atoms with Crippen LogP contribution in [0.25, 0.3) is 0 Å². The van der Waals surface area contributed by atoms with Gasteiger partial charge in [0.2, 0.25) is 0 Å². The fourth-order valence-corrected chi connectivity index (χ4v) is 3.67. The van der Waals surface area contributed by atoms with Crippen molar-refractivity contribution in [2.75, 3.05) is 6.61 Å². The molecule has 0 spiro atoms. The topological polar surface area (TPSA) is 62.1 Å². The summed E-state index contributed by atoms with van der Waals surface area (Å²) in [7, 11) is 0. The van der Waals surface area contributed by atoms with E-state index in [9.17, 15) is 23.1 Å². The Morgan fingerprint density at radius 1 is 1.37 bits per heavy atom. The quantitative estimate of drug-likeness (QED) is 0.867. The van der Waals surface area contributed by atoms with Crippen LogP contribution in [0.4, 0.5) is 13.2 Å². The Morgan fingerprint density at radius 3 is 2.70 bits per heavy atom. The van der Waals surface area contributed by atoms with Gasteiger partial charge in [-0.1, -0.05) is 13.0 Å². The molecule has 1 aromatic rings. The van der Waals surface area contributed by atoms with E-state index in [-0.39, 0.29) is 23.1 Å². The lowest BCUT2D eigenvalue weighted by atomic mass is 9.76. The lowest BCUT2D eigenvalue weighted by Gasteiger charge is -2.39. The predicted octanol–water partition coefficient (Wildman–Crippen LogP) is 3.57. The minimum absolute atomic E-state index is 0.0182. The van der Waals surface area contributed by atoms with Gasteiger partial charge in [-0.2, -0.15) is 23.3 Å². The summed E-state index contributed by atoms with van der Waals surface area (Å²) in [5.41, 5.74) is -1.12. The van der Waals surface area contributed by atoms with Gasteiger partial charge in [-0.3, -0.25) is 4.79 Å². The SMILES string of the molecule is Cc1ccc(OCC(=O)N2N=C3CC[C@H](C)C[C@H]3[C@]2(O)C(F)(F)F)cc1C. The van der Waals surface area contributed by atoms with Gasteiger partial charge in [0.15, 0.2) is 6.61 Å². The van der Waals surface area contributed by atoms with Gasteiger partial charge in [-0.15, -0.1) is 0 Å². The molecule has 3 rings (SSSR count). The molecule has 0 unspecified atom stereocenters. The molecule has 27 heavy (non-hydrogen) atoms. The number of hydrazone groups is 1. The Kier molecular flexibility index (Phi) is 4.96. The smallest absolute Gasteiger partial charge is 0.439 e. The largest absolute Gasteiger partial charge is 0.484 e. The zero-order chi connectivity index (χ0) is 20.0. The number of rotatable bonds is 3. The van der Waals surface area contributed by atoms with Crippen molar-refractivity contribution in [1.82, 2.24) is 5.01 Å². The summed E-state index contributed by atoms with van der Waals surface area (Å²) in [6.07, 6.45) is -3.86. The Bertz CT molecular complexity index is 778. The number of carbonyl (C=O) groups is 1. The molecule has 8 heteroatoms. The average Bonchev–Trinajstić information content (AvgIpc) is 2.89. The van der Waals surface area contributed by atoms with Gasteiger partial charge in [-0.05, 0) is 62.3 Å². The van der Waals surface area contributed by atoms with Crippen molar-refractivity contribution in [3.63, 3.8) is 0 Å². The molecule has 1 amide bonds. The van der Waals surface area contributed by atoms with E-state index in [4.69, 9.17) is 4.74 Å². The van der Waals surface area contributed by atoms with E-state index < -0.39 is 30.3 Å². The third-order valence-corrected chi connectivity index (χ3v) is 5.46. The summed E-state index contributed by atoms with van der Waals surface area (Å²) in [5, 5.41) is 14.6. The third kappa shape index (κ3) is 3.42. The molecular weight excluding hydrogens is 361 g/mol. The number of amides is 1. The maximum atomic E-state index is 13.8. The molecule has 1 heterocycles. The summed E-state index contributed by atoms with van der Waals surface area (Å²) in [5.74, 6) is -1.86. The van der Waals surface area contributed by atoms with E-state index in [1.165, 1.54) is 0 Å². The van der Waals surface area contributed by atoms with Crippen molar-refractivity contribution >= 4 is 11.6 Å². The van der Waals surface area contributed by atoms with Crippen LogP contribution in [-0.4, -0.2) is 40.2 Å². The zero-order valence-corrected chi connectivity index (χ0v) is 15.5. The van der Waals surface area contributed by atoms with Crippen LogP contribution in [0, 0.1) is 25.7 Å². The van der Waals surface area contributed by atoms with Crippen molar-refractivity contribution in [3.05, 3.63) is 29.3 Å². The van der Waals surface area contributed by atoms with Crippen LogP contribution < -0.4 is 4.74 Å². The highest BCUT2D eigenvalue weighted by Crippen LogP contribution is 2.49. The molecule has 3 atom stereocenters. The first-order chi connectivity index (χ1) is 12.5. The Morgan fingerprint density at radius 2 is 2.07 bits per heavy atom. The third-order valence-electron chi connectivity index (χ3n) is 5.46. The van der Waals surface area contributed by atoms with Crippen LogP contribution in [-0.2, 0) is 4.79 Å². The first kappa shape index (κ1) is 19.7. The van der Waals surface area contributed by atoms with Crippen molar-refractivity contribution in [2.24, 2.45) is 16.9 Å². The second kappa shape index (κ2) is 6.82. The van der Waals surface area contributed by atoms with E-state index in [0.717, 1.165) is 11.1 Å². The fraction of sp³-hybridized carbons (Fsp3) is 0.579. The number of benzene rings is 1. The van der Waals surface area contributed by atoms with Crippen molar-refractivity contribution < 1.29 is 27.8 Å². The fourth-order valence-electron chi connectivity index (χ4n) is 3.67. The maximum absolute atomic E-state index is 13.8. The Labute approximate surface area is 155 Å². The van der Waals surface area contributed by atoms with Gasteiger partial charge in [0.25, 0.3) is 11.6 Å². The van der Waals surface area contributed by atoms with E-state index in [2.05, 4.69) is 5.10 Å². The molecule has 1 aliphatic heterocycles. The van der Waals surface area contributed by atoms with Crippen molar-refractivity contribution in [2.45, 2.75) is 51.9 Å². The minimum Gasteiger partial charge on any atom is -0.484 e. The lowest BCUT2D eigenvalue weighted by Crippen LogP contribution is -2.62. The zero-order valence-electron chi connectivity index (χ0n) is 15.5. The first-order valence-corrected chi connectivity index (χ1v) is 8.93. The van der Waals surface area contributed by atoms with Crippen LogP contribution in [0.15, 0.2) is 23.3 Å². The molecule has 1 fully saturated rings. The van der Waals surface area contributed by atoms with Crippen molar-refractivity contribution in [1.29, 1.82) is 0 Å².